The predicted molar refractivity (Wildman–Crippen MR) is 88.2 cm³/mol. The topological polar surface area (TPSA) is 108 Å². The first kappa shape index (κ1) is 16.6. The number of hydrogen-bond donors (Lipinski definition) is 3. The van der Waals surface area contributed by atoms with Gasteiger partial charge in [0.05, 0.1) is 16.3 Å². The lowest BCUT2D eigenvalue weighted by Gasteiger charge is -2.01. The third-order valence-electron chi connectivity index (χ3n) is 2.74. The summed E-state index contributed by atoms with van der Waals surface area (Å²) in [6.07, 6.45) is 3.08. The van der Waals surface area contributed by atoms with E-state index in [4.69, 9.17) is 0 Å². The molecule has 2 aromatic heterocycles. The highest BCUT2D eigenvalue weighted by Crippen LogP contribution is 2.22. The quantitative estimate of drug-likeness (QED) is 0.567. The van der Waals surface area contributed by atoms with E-state index in [1.807, 2.05) is 6.92 Å². The molecule has 23 heavy (non-hydrogen) atoms. The summed E-state index contributed by atoms with van der Waals surface area (Å²) >= 11 is 1.33. The highest BCUT2D eigenvalue weighted by Gasteiger charge is 2.11. The summed E-state index contributed by atoms with van der Waals surface area (Å²) in [5, 5.41) is 4.64. The molecular weight excluding hydrogens is 316 g/mol. The lowest BCUT2D eigenvalue weighted by Crippen LogP contribution is -2.26. The van der Waals surface area contributed by atoms with Crippen LogP contribution in [0.5, 0.6) is 0 Å². The van der Waals surface area contributed by atoms with Crippen molar-refractivity contribution in [2.45, 2.75) is 20.8 Å². The van der Waals surface area contributed by atoms with E-state index in [0.29, 0.717) is 16.4 Å². The summed E-state index contributed by atoms with van der Waals surface area (Å²) in [6, 6.07) is 3.21. The van der Waals surface area contributed by atoms with Crippen molar-refractivity contribution in [1.29, 1.82) is 0 Å². The van der Waals surface area contributed by atoms with E-state index >= 15 is 0 Å². The second-order valence-electron chi connectivity index (χ2n) is 4.61. The molecule has 0 fully saturated rings. The molecule has 0 saturated carbocycles. The molecule has 0 unspecified atom stereocenters. The van der Waals surface area contributed by atoms with E-state index in [1.165, 1.54) is 18.3 Å². The highest BCUT2D eigenvalue weighted by atomic mass is 32.1. The zero-order valence-corrected chi connectivity index (χ0v) is 13.7. The van der Waals surface area contributed by atoms with E-state index in [2.05, 4.69) is 31.3 Å². The molecule has 2 rings (SSSR count). The van der Waals surface area contributed by atoms with Crippen LogP contribution in [0.1, 0.15) is 34.8 Å². The van der Waals surface area contributed by atoms with Gasteiger partial charge in [0.25, 0.3) is 5.91 Å². The Balaban J connectivity index is 2.06. The van der Waals surface area contributed by atoms with Crippen molar-refractivity contribution in [3.63, 3.8) is 0 Å². The fraction of sp³-hybridized carbons (Fsp3) is 0.214. The number of anilines is 1. The van der Waals surface area contributed by atoms with Crippen molar-refractivity contribution in [3.05, 3.63) is 40.7 Å². The van der Waals surface area contributed by atoms with Crippen LogP contribution in [0.15, 0.2) is 29.6 Å². The van der Waals surface area contributed by atoms with Crippen LogP contribution in [0, 0.1) is 6.92 Å². The van der Waals surface area contributed by atoms with Crippen LogP contribution in [0.3, 0.4) is 0 Å². The molecule has 0 radical (unpaired) electrons. The van der Waals surface area contributed by atoms with Crippen LogP contribution in [-0.4, -0.2) is 27.5 Å². The van der Waals surface area contributed by atoms with E-state index in [-0.39, 0.29) is 11.8 Å². The van der Waals surface area contributed by atoms with Crippen LogP contribution < -0.4 is 16.3 Å². The molecule has 2 heterocycles. The third kappa shape index (κ3) is 4.58. The van der Waals surface area contributed by atoms with Crippen molar-refractivity contribution in [3.8, 4) is 0 Å². The molecule has 2 amide bonds. The number of aromatic nitrogens is 2. The van der Waals surface area contributed by atoms with Gasteiger partial charge in [0.2, 0.25) is 11.0 Å². The molecule has 9 heteroatoms. The third-order valence-corrected chi connectivity index (χ3v) is 3.92. The van der Waals surface area contributed by atoms with E-state index in [1.54, 1.807) is 31.5 Å². The smallest absolute Gasteiger partial charge is 0.271 e. The average molecular weight is 332 g/mol. The minimum Gasteiger partial charge on any atom is -0.274 e. The number of nitrogens with one attached hydrogen (secondary N) is 3. The zero-order valence-electron chi connectivity index (χ0n) is 12.9. The molecule has 0 aliphatic carbocycles. The largest absolute Gasteiger partial charge is 0.274 e. The van der Waals surface area contributed by atoms with Crippen molar-refractivity contribution in [1.82, 2.24) is 20.8 Å². The highest BCUT2D eigenvalue weighted by molar-refractivity contribution is 7.17. The molecule has 0 bridgehead atoms. The van der Waals surface area contributed by atoms with Crippen LogP contribution in [-0.2, 0) is 4.79 Å². The number of nitrogens with zero attached hydrogens (tertiary/aromatic N) is 3. The number of hydrogen-bond acceptors (Lipinski definition) is 7. The maximum Gasteiger partial charge on any atom is 0.271 e. The molecule has 0 spiro atoms. The molecule has 0 saturated heterocycles. The van der Waals surface area contributed by atoms with Gasteiger partial charge in [-0.2, -0.15) is 5.10 Å². The second kappa shape index (κ2) is 7.45. The minimum atomic E-state index is -0.314. The van der Waals surface area contributed by atoms with Gasteiger partial charge >= 0.3 is 0 Å². The molecule has 0 aromatic carbocycles. The molecule has 0 atom stereocenters. The van der Waals surface area contributed by atoms with E-state index in [0.717, 1.165) is 10.6 Å². The van der Waals surface area contributed by atoms with Crippen molar-refractivity contribution in [2.75, 3.05) is 5.43 Å². The maximum atomic E-state index is 11.9. The normalized spacial score (nSPS) is 11.0. The Morgan fingerprint density at radius 1 is 1.22 bits per heavy atom. The first-order valence-corrected chi connectivity index (χ1v) is 7.54. The first-order chi connectivity index (χ1) is 11.0. The van der Waals surface area contributed by atoms with Crippen LogP contribution in [0.4, 0.5) is 5.13 Å². The van der Waals surface area contributed by atoms with Gasteiger partial charge in [-0.3, -0.25) is 25.4 Å². The van der Waals surface area contributed by atoms with Gasteiger partial charge in [0.15, 0.2) is 0 Å². The standard InChI is InChI=1S/C14H16N6O2S/c1-8-12(23-14(16-8)20-18-10(3)21)9(2)17-19-13(22)11-4-6-15-7-5-11/h4-7H,1-3H3,(H,16,20)(H,18,21)(H,19,22). The molecule has 0 aliphatic rings. The van der Waals surface area contributed by atoms with Gasteiger partial charge in [0, 0.05) is 24.9 Å². The fourth-order valence-electron chi connectivity index (χ4n) is 1.68. The summed E-state index contributed by atoms with van der Waals surface area (Å²) in [5.41, 5.74) is 9.51. The van der Waals surface area contributed by atoms with Gasteiger partial charge in [-0.05, 0) is 26.0 Å². The van der Waals surface area contributed by atoms with Crippen LogP contribution in [0.2, 0.25) is 0 Å². The summed E-state index contributed by atoms with van der Waals surface area (Å²) < 4.78 is 0. The molecular formula is C14H16N6O2S. The molecule has 120 valence electrons. The SMILES string of the molecule is CC(=O)NNc1nc(C)c(C(C)=NNC(=O)c2ccncc2)s1. The van der Waals surface area contributed by atoms with E-state index < -0.39 is 0 Å². The van der Waals surface area contributed by atoms with Gasteiger partial charge in [-0.25, -0.2) is 10.4 Å². The Bertz CT molecular complexity index is 741. The number of hydrazine groups is 1. The molecule has 2 aromatic rings. The number of rotatable bonds is 5. The number of thiazole rings is 1. The first-order valence-electron chi connectivity index (χ1n) is 6.72. The number of amides is 2. The van der Waals surface area contributed by atoms with Gasteiger partial charge in [-0.15, -0.1) is 0 Å². The lowest BCUT2D eigenvalue weighted by molar-refractivity contribution is -0.118. The van der Waals surface area contributed by atoms with Gasteiger partial charge in [-0.1, -0.05) is 11.3 Å². The van der Waals surface area contributed by atoms with Crippen molar-refractivity contribution < 1.29 is 9.59 Å². The summed E-state index contributed by atoms with van der Waals surface area (Å²) in [5.74, 6) is -0.528. The predicted octanol–water partition coefficient (Wildman–Crippen LogP) is 1.46. The van der Waals surface area contributed by atoms with E-state index in [9.17, 15) is 9.59 Å². The minimum absolute atomic E-state index is 0.214. The van der Waals surface area contributed by atoms with Crippen LogP contribution in [0.25, 0.3) is 0 Å². The Hall–Kier alpha value is -2.81. The number of hydrazone groups is 1. The Labute approximate surface area is 137 Å². The maximum absolute atomic E-state index is 11.9. The molecule has 8 nitrogen and oxygen atoms in total. The monoisotopic (exact) mass is 332 g/mol. The van der Waals surface area contributed by atoms with Gasteiger partial charge in [0.1, 0.15) is 0 Å². The Kier molecular flexibility index (Phi) is 5.36. The Morgan fingerprint density at radius 3 is 2.57 bits per heavy atom. The zero-order chi connectivity index (χ0) is 16.8. The van der Waals surface area contributed by atoms with Crippen molar-refractivity contribution >= 4 is 34.0 Å². The summed E-state index contributed by atoms with van der Waals surface area (Å²) in [4.78, 5) is 31.8. The number of carbonyl (C=O) groups excluding carboxylic acids is 2. The molecule has 3 N–H and O–H groups in total. The lowest BCUT2D eigenvalue weighted by atomic mass is 10.2. The van der Waals surface area contributed by atoms with Gasteiger partial charge < -0.3 is 0 Å². The average Bonchev–Trinajstić information content (AvgIpc) is 2.92. The Morgan fingerprint density at radius 2 is 1.91 bits per heavy atom. The summed E-state index contributed by atoms with van der Waals surface area (Å²) in [6.45, 7) is 5.00. The summed E-state index contributed by atoms with van der Waals surface area (Å²) in [7, 11) is 0. The second-order valence-corrected chi connectivity index (χ2v) is 5.61. The van der Waals surface area contributed by atoms with Crippen molar-refractivity contribution in [2.24, 2.45) is 5.10 Å². The number of aryl methyl sites for hydroxylation is 1. The number of pyridine rings is 1. The van der Waals surface area contributed by atoms with Crippen LogP contribution >= 0.6 is 11.3 Å². The number of carbonyl (C=O) groups is 2. The fourth-order valence-corrected chi connectivity index (χ4v) is 2.54. The molecule has 0 aliphatic heterocycles.